The first-order valence-corrected chi connectivity index (χ1v) is 7.95. The van der Waals surface area contributed by atoms with Crippen LogP contribution in [0.2, 0.25) is 0 Å². The van der Waals surface area contributed by atoms with E-state index in [4.69, 9.17) is 0 Å². The highest BCUT2D eigenvalue weighted by Crippen LogP contribution is 2.33. The number of carboxylic acids is 1. The van der Waals surface area contributed by atoms with Gasteiger partial charge in [0.15, 0.2) is 0 Å². The molecule has 1 heterocycles. The van der Waals surface area contributed by atoms with Crippen LogP contribution in [0.4, 0.5) is 0 Å². The van der Waals surface area contributed by atoms with Crippen molar-refractivity contribution in [2.24, 2.45) is 0 Å². The number of nitriles is 1. The minimum absolute atomic E-state index is 0.0575. The number of aromatic amines is 1. The van der Waals surface area contributed by atoms with Gasteiger partial charge in [0.2, 0.25) is 0 Å². The van der Waals surface area contributed by atoms with Gasteiger partial charge in [0.1, 0.15) is 6.07 Å². The maximum Gasteiger partial charge on any atom is 0.303 e. The van der Waals surface area contributed by atoms with E-state index in [0.717, 1.165) is 29.3 Å². The lowest BCUT2D eigenvalue weighted by Gasteiger charge is -2.17. The molecule has 0 fully saturated rings. The van der Waals surface area contributed by atoms with Crippen molar-refractivity contribution in [1.29, 1.82) is 5.26 Å². The first kappa shape index (κ1) is 15.8. The molecule has 1 unspecified atom stereocenters. The smallest absolute Gasteiger partial charge is 0.303 e. The summed E-state index contributed by atoms with van der Waals surface area (Å²) in [5, 5.41) is 19.5. The van der Waals surface area contributed by atoms with Crippen molar-refractivity contribution in [3.05, 3.63) is 71.4 Å². The fourth-order valence-corrected chi connectivity index (χ4v) is 3.21. The summed E-state index contributed by atoms with van der Waals surface area (Å²) >= 11 is 0. The van der Waals surface area contributed by atoms with Crippen molar-refractivity contribution in [2.45, 2.75) is 25.2 Å². The summed E-state index contributed by atoms with van der Waals surface area (Å²) in [6.07, 6.45) is 3.28. The lowest BCUT2D eigenvalue weighted by atomic mass is 9.87. The average Bonchev–Trinajstić information content (AvgIpc) is 3.02. The lowest BCUT2D eigenvalue weighted by molar-refractivity contribution is -0.137. The number of hydrogen-bond acceptors (Lipinski definition) is 2. The van der Waals surface area contributed by atoms with Gasteiger partial charge in [-0.15, -0.1) is 0 Å². The second-order valence-electron chi connectivity index (χ2n) is 5.90. The van der Waals surface area contributed by atoms with E-state index in [1.54, 1.807) is 6.20 Å². The summed E-state index contributed by atoms with van der Waals surface area (Å²) in [6.45, 7) is 0. The van der Waals surface area contributed by atoms with Crippen LogP contribution in [-0.4, -0.2) is 16.1 Å². The topological polar surface area (TPSA) is 76.9 Å². The Hall–Kier alpha value is -3.06. The van der Waals surface area contributed by atoms with Gasteiger partial charge in [0, 0.05) is 17.1 Å². The molecule has 0 saturated carbocycles. The minimum atomic E-state index is -0.820. The number of fused-ring (bicyclic) bond motifs is 1. The molecule has 3 aromatic rings. The van der Waals surface area contributed by atoms with Gasteiger partial charge in [0.05, 0.1) is 12.0 Å². The second-order valence-corrected chi connectivity index (χ2v) is 5.90. The number of aromatic nitrogens is 1. The number of aryl methyl sites for hydroxylation is 1. The predicted molar refractivity (Wildman–Crippen MR) is 92.8 cm³/mol. The SMILES string of the molecule is N#Cc1c[nH]c2cccc(C(CCc3ccccc3)CC(=O)O)c12. The molecule has 0 aliphatic heterocycles. The molecule has 3 rings (SSSR count). The molecule has 0 aliphatic rings. The van der Waals surface area contributed by atoms with Crippen LogP contribution >= 0.6 is 0 Å². The van der Waals surface area contributed by atoms with Gasteiger partial charge in [-0.3, -0.25) is 4.79 Å². The normalized spacial score (nSPS) is 12.0. The fourth-order valence-electron chi connectivity index (χ4n) is 3.21. The molecule has 120 valence electrons. The van der Waals surface area contributed by atoms with E-state index in [9.17, 15) is 15.2 Å². The highest BCUT2D eigenvalue weighted by molar-refractivity contribution is 5.89. The van der Waals surface area contributed by atoms with Crippen molar-refractivity contribution in [2.75, 3.05) is 0 Å². The summed E-state index contributed by atoms with van der Waals surface area (Å²) in [6, 6.07) is 18.0. The number of nitrogens with one attached hydrogen (secondary N) is 1. The molecule has 0 bridgehead atoms. The van der Waals surface area contributed by atoms with Gasteiger partial charge in [-0.25, -0.2) is 0 Å². The van der Waals surface area contributed by atoms with Crippen LogP contribution in [0.25, 0.3) is 10.9 Å². The number of aliphatic carboxylic acids is 1. The average molecular weight is 318 g/mol. The van der Waals surface area contributed by atoms with E-state index in [1.165, 1.54) is 5.56 Å². The third-order valence-electron chi connectivity index (χ3n) is 4.34. The first-order valence-electron chi connectivity index (χ1n) is 7.95. The minimum Gasteiger partial charge on any atom is -0.481 e. The van der Waals surface area contributed by atoms with E-state index < -0.39 is 5.97 Å². The maximum atomic E-state index is 11.4. The zero-order chi connectivity index (χ0) is 16.9. The largest absolute Gasteiger partial charge is 0.481 e. The number of nitrogens with zero attached hydrogens (tertiary/aromatic N) is 1. The Bertz CT molecular complexity index is 891. The predicted octanol–water partition coefficient (Wildman–Crippen LogP) is 4.23. The van der Waals surface area contributed by atoms with Gasteiger partial charge in [-0.1, -0.05) is 42.5 Å². The second kappa shape index (κ2) is 7.01. The van der Waals surface area contributed by atoms with Crippen molar-refractivity contribution in [3.63, 3.8) is 0 Å². The Kier molecular flexibility index (Phi) is 4.62. The molecule has 2 aromatic carbocycles. The first-order chi connectivity index (χ1) is 11.7. The van der Waals surface area contributed by atoms with E-state index in [1.807, 2.05) is 36.4 Å². The number of carboxylic acid groups (broad SMARTS) is 1. The third kappa shape index (κ3) is 3.31. The molecule has 0 aliphatic carbocycles. The van der Waals surface area contributed by atoms with Gasteiger partial charge in [-0.2, -0.15) is 5.26 Å². The van der Waals surface area contributed by atoms with E-state index in [-0.39, 0.29) is 12.3 Å². The van der Waals surface area contributed by atoms with Crippen molar-refractivity contribution >= 4 is 16.9 Å². The molecule has 1 atom stereocenters. The standard InChI is InChI=1S/C20H18N2O2/c21-12-16-13-22-18-8-4-7-17(20(16)18)15(11-19(23)24)10-9-14-5-2-1-3-6-14/h1-8,13,15,22H,9-11H2,(H,23,24). The summed E-state index contributed by atoms with van der Waals surface area (Å²) in [7, 11) is 0. The molecule has 0 saturated heterocycles. The third-order valence-corrected chi connectivity index (χ3v) is 4.34. The monoisotopic (exact) mass is 318 g/mol. The molecule has 4 nitrogen and oxygen atoms in total. The highest BCUT2D eigenvalue weighted by atomic mass is 16.4. The number of rotatable bonds is 6. The molecule has 0 amide bonds. The fraction of sp³-hybridized carbons (Fsp3) is 0.200. The molecule has 1 aromatic heterocycles. The molecule has 0 radical (unpaired) electrons. The van der Waals surface area contributed by atoms with Gasteiger partial charge >= 0.3 is 5.97 Å². The number of benzene rings is 2. The summed E-state index contributed by atoms with van der Waals surface area (Å²) in [5.41, 5.74) is 3.56. The number of carbonyl (C=O) groups is 1. The van der Waals surface area contributed by atoms with E-state index in [0.29, 0.717) is 5.56 Å². The van der Waals surface area contributed by atoms with Gasteiger partial charge in [-0.05, 0) is 36.0 Å². The molecule has 24 heavy (non-hydrogen) atoms. The number of hydrogen-bond donors (Lipinski definition) is 2. The lowest BCUT2D eigenvalue weighted by Crippen LogP contribution is -2.08. The molecular weight excluding hydrogens is 300 g/mol. The van der Waals surface area contributed by atoms with Gasteiger partial charge in [0.25, 0.3) is 0 Å². The summed E-state index contributed by atoms with van der Waals surface area (Å²) < 4.78 is 0. The Morgan fingerprint density at radius 3 is 2.67 bits per heavy atom. The Balaban J connectivity index is 1.95. The highest BCUT2D eigenvalue weighted by Gasteiger charge is 2.20. The number of H-pyrrole nitrogens is 1. The van der Waals surface area contributed by atoms with Crippen LogP contribution in [0.15, 0.2) is 54.7 Å². The Morgan fingerprint density at radius 1 is 1.17 bits per heavy atom. The van der Waals surface area contributed by atoms with Gasteiger partial charge < -0.3 is 10.1 Å². The van der Waals surface area contributed by atoms with Crippen LogP contribution in [0.5, 0.6) is 0 Å². The van der Waals surface area contributed by atoms with Crippen molar-refractivity contribution in [1.82, 2.24) is 4.98 Å². The Labute approximate surface area is 140 Å². The summed E-state index contributed by atoms with van der Waals surface area (Å²) in [4.78, 5) is 14.4. The Morgan fingerprint density at radius 2 is 1.96 bits per heavy atom. The molecule has 4 heteroatoms. The molecular formula is C20H18N2O2. The molecule has 2 N–H and O–H groups in total. The maximum absolute atomic E-state index is 11.4. The zero-order valence-corrected chi connectivity index (χ0v) is 13.2. The van der Waals surface area contributed by atoms with Crippen LogP contribution in [0.3, 0.4) is 0 Å². The van der Waals surface area contributed by atoms with Crippen LogP contribution in [0, 0.1) is 11.3 Å². The van der Waals surface area contributed by atoms with Crippen molar-refractivity contribution in [3.8, 4) is 6.07 Å². The zero-order valence-electron chi connectivity index (χ0n) is 13.2. The van der Waals surface area contributed by atoms with Crippen LogP contribution < -0.4 is 0 Å². The van der Waals surface area contributed by atoms with Crippen LogP contribution in [-0.2, 0) is 11.2 Å². The molecule has 0 spiro atoms. The summed E-state index contributed by atoms with van der Waals surface area (Å²) in [5.74, 6) is -0.951. The quantitative estimate of drug-likeness (QED) is 0.714. The van der Waals surface area contributed by atoms with E-state index >= 15 is 0 Å². The van der Waals surface area contributed by atoms with Crippen molar-refractivity contribution < 1.29 is 9.90 Å². The van der Waals surface area contributed by atoms with E-state index in [2.05, 4.69) is 23.2 Å². The van der Waals surface area contributed by atoms with Crippen LogP contribution in [0.1, 0.15) is 35.4 Å².